The number of alkyl halides is 36. The molecule has 0 amide bonds. The van der Waals surface area contributed by atoms with Crippen molar-refractivity contribution >= 4 is 0 Å². The Morgan fingerprint density at radius 1 is 0.218 bits per heavy atom. The fourth-order valence-corrected chi connectivity index (χ4v) is 4.94. The van der Waals surface area contributed by atoms with Crippen molar-refractivity contribution in [3.8, 4) is 0 Å². The Hall–Kier alpha value is -2.78. The zero-order valence-electron chi connectivity index (χ0n) is 23.1. The highest BCUT2D eigenvalue weighted by atomic mass is 19.5. The molecule has 2 unspecified atom stereocenters. The molecule has 0 N–H and O–H groups in total. The van der Waals surface area contributed by atoms with Crippen LogP contribution >= 0.6 is 0 Å². The van der Waals surface area contributed by atoms with Crippen molar-refractivity contribution in [3.05, 3.63) is 11.1 Å². The van der Waals surface area contributed by atoms with Crippen LogP contribution in [0, 0.1) is 10.8 Å². The molecule has 0 fully saturated rings. The normalized spacial score (nSPS) is 22.5. The Labute approximate surface area is 272 Å². The molecule has 1 aliphatic carbocycles. The van der Waals surface area contributed by atoms with Crippen molar-refractivity contribution < 1.29 is 158 Å². The first-order valence-corrected chi connectivity index (χ1v) is 11.6. The summed E-state index contributed by atoms with van der Waals surface area (Å²) in [5, 5.41) is 0. The average Bonchev–Trinajstić information content (AvgIpc) is 2.94. The molecule has 0 radical (unpaired) electrons. The maximum absolute atomic E-state index is 14.9. The van der Waals surface area contributed by atoms with Gasteiger partial charge in [-0.05, 0) is 0 Å². The van der Waals surface area contributed by atoms with Gasteiger partial charge in [0.15, 0.2) is 0 Å². The highest BCUT2D eigenvalue weighted by molar-refractivity contribution is 5.55. The van der Waals surface area contributed by atoms with Crippen LogP contribution in [0.2, 0.25) is 0 Å². The topological polar surface area (TPSA) is 0 Å². The van der Waals surface area contributed by atoms with Crippen LogP contribution in [-0.2, 0) is 0 Å². The van der Waals surface area contributed by atoms with E-state index in [0.717, 1.165) is 0 Å². The lowest BCUT2D eigenvalue weighted by molar-refractivity contribution is -0.471. The van der Waals surface area contributed by atoms with Crippen LogP contribution in [0.1, 0.15) is 0 Å². The zero-order valence-corrected chi connectivity index (χ0v) is 23.1. The molecule has 0 heterocycles. The maximum atomic E-state index is 14.9. The first-order chi connectivity index (χ1) is 23.0. The molecule has 0 nitrogen and oxygen atoms in total. The van der Waals surface area contributed by atoms with E-state index in [4.69, 9.17) is 0 Å². The zero-order chi connectivity index (χ0) is 45.7. The summed E-state index contributed by atoms with van der Waals surface area (Å²) >= 11 is 0. The third-order valence-electron chi connectivity index (χ3n) is 7.36. The first kappa shape index (κ1) is 50.2. The molecule has 2 atom stereocenters. The summed E-state index contributed by atoms with van der Waals surface area (Å²) in [4.78, 5) is 0. The van der Waals surface area contributed by atoms with Gasteiger partial charge in [0.1, 0.15) is 0 Å². The van der Waals surface area contributed by atoms with Crippen molar-refractivity contribution in [1.29, 1.82) is 0 Å². The van der Waals surface area contributed by atoms with Crippen molar-refractivity contribution in [2.75, 3.05) is 0 Å². The van der Waals surface area contributed by atoms with Crippen LogP contribution in [0.25, 0.3) is 0 Å². The van der Waals surface area contributed by atoms with Crippen LogP contribution in [-0.4, -0.2) is 90.4 Å². The molecular formula is C19F36. The molecule has 0 aromatic carbocycles. The number of allylic oxidation sites excluding steroid dienone is 2. The molecule has 1 aliphatic rings. The van der Waals surface area contributed by atoms with E-state index in [9.17, 15) is 158 Å². The summed E-state index contributed by atoms with van der Waals surface area (Å²) < 4.78 is 505. The molecule has 0 aliphatic heterocycles. The van der Waals surface area contributed by atoms with E-state index in [-0.39, 0.29) is 0 Å². The summed E-state index contributed by atoms with van der Waals surface area (Å²) in [5.41, 5.74) is -39.1. The smallest absolute Gasteiger partial charge is 0.198 e. The van der Waals surface area contributed by atoms with Gasteiger partial charge in [-0.3, -0.25) is 0 Å². The number of hydrogen-bond acceptors (Lipinski definition) is 0. The molecule has 0 aromatic rings. The Bertz CT molecular complexity index is 1380. The molecule has 328 valence electrons. The van der Waals surface area contributed by atoms with Gasteiger partial charge in [0.2, 0.25) is 10.8 Å². The lowest BCUT2D eigenvalue weighted by Gasteiger charge is -2.53. The third-order valence-corrected chi connectivity index (χ3v) is 7.36. The Morgan fingerprint density at radius 2 is 0.382 bits per heavy atom. The van der Waals surface area contributed by atoms with E-state index in [0.29, 0.717) is 0 Å². The minimum absolute atomic E-state index is 8.25. The summed E-state index contributed by atoms with van der Waals surface area (Å²) in [6.07, 6.45) is -59.2. The van der Waals surface area contributed by atoms with Crippen molar-refractivity contribution in [2.24, 2.45) is 10.8 Å². The highest BCUT2D eigenvalue weighted by Gasteiger charge is 3.06. The SMILES string of the molecule is FC(F)(F)C(F)(F)C(F)(F)C(C1=C(C(C(F)(F)F)(C(F)(F)C(F)(F)F)C(F)(F)C(F)(F)C(F)(F)F)C(F)(F)C(F)(F)C1(F)F)(C(F)(F)F)C(F)(F)C(F)(F)F. The molecule has 55 heavy (non-hydrogen) atoms. The summed E-state index contributed by atoms with van der Waals surface area (Å²) in [6, 6.07) is 0. The van der Waals surface area contributed by atoms with E-state index in [2.05, 4.69) is 0 Å². The Balaban J connectivity index is 5.98. The third kappa shape index (κ3) is 5.43. The lowest BCUT2D eigenvalue weighted by Crippen LogP contribution is -2.78. The molecule has 0 aromatic heterocycles. The molecule has 0 saturated heterocycles. The fourth-order valence-electron chi connectivity index (χ4n) is 4.94. The van der Waals surface area contributed by atoms with Gasteiger partial charge < -0.3 is 0 Å². The fraction of sp³-hybridized carbons (Fsp3) is 0.895. The van der Waals surface area contributed by atoms with Crippen molar-refractivity contribution in [2.45, 2.75) is 90.4 Å². The predicted molar refractivity (Wildman–Crippen MR) is 92.7 cm³/mol. The van der Waals surface area contributed by atoms with Crippen molar-refractivity contribution in [3.63, 3.8) is 0 Å². The molecule has 36 heteroatoms. The van der Waals surface area contributed by atoms with Gasteiger partial charge >= 0.3 is 90.4 Å². The monoisotopic (exact) mass is 912 g/mol. The van der Waals surface area contributed by atoms with E-state index >= 15 is 0 Å². The number of rotatable bonds is 8. The average molecular weight is 912 g/mol. The van der Waals surface area contributed by atoms with E-state index in [1.165, 1.54) is 0 Å². The van der Waals surface area contributed by atoms with Gasteiger partial charge in [0.25, 0.3) is 0 Å². The standard InChI is InChI=1S/C19F36/c20-5(21)1(3(14(38,39)40,9(28,29)16(44,45)46)7(24,25)12(34,35)18(50,51)52)2(6(22,23)11(5,32)33)4(15(41,42)43,10(30,31)17(47,48)49)8(26,27)13(36,37)19(53,54)55. The lowest BCUT2D eigenvalue weighted by atomic mass is 9.58. The van der Waals surface area contributed by atoms with Gasteiger partial charge in [-0.15, -0.1) is 0 Å². The van der Waals surface area contributed by atoms with E-state index in [1.54, 1.807) is 0 Å². The second-order valence-electron chi connectivity index (χ2n) is 10.4. The Kier molecular flexibility index (Phi) is 10.7. The van der Waals surface area contributed by atoms with Gasteiger partial charge in [-0.2, -0.15) is 158 Å². The van der Waals surface area contributed by atoms with Crippen LogP contribution in [0.4, 0.5) is 158 Å². The maximum Gasteiger partial charge on any atom is 0.459 e. The van der Waals surface area contributed by atoms with Gasteiger partial charge in [-0.1, -0.05) is 0 Å². The number of hydrogen-bond donors (Lipinski definition) is 0. The van der Waals surface area contributed by atoms with Gasteiger partial charge in [0.05, 0.1) is 0 Å². The van der Waals surface area contributed by atoms with Crippen LogP contribution in [0.15, 0.2) is 11.1 Å². The van der Waals surface area contributed by atoms with Gasteiger partial charge in [0, 0.05) is 11.1 Å². The van der Waals surface area contributed by atoms with Crippen molar-refractivity contribution in [1.82, 2.24) is 0 Å². The summed E-state index contributed by atoms with van der Waals surface area (Å²) in [7, 11) is 0. The van der Waals surface area contributed by atoms with E-state index < -0.39 is 112 Å². The summed E-state index contributed by atoms with van der Waals surface area (Å²) in [5.74, 6) is -93.6. The van der Waals surface area contributed by atoms with Crippen LogP contribution in [0.5, 0.6) is 0 Å². The highest BCUT2D eigenvalue weighted by Crippen LogP contribution is 2.82. The first-order valence-electron chi connectivity index (χ1n) is 11.6. The van der Waals surface area contributed by atoms with Gasteiger partial charge in [-0.25, -0.2) is 0 Å². The molecule has 0 saturated carbocycles. The minimum Gasteiger partial charge on any atom is -0.198 e. The number of halogens is 36. The Morgan fingerprint density at radius 3 is 0.509 bits per heavy atom. The molecule has 0 bridgehead atoms. The molecule has 1 rings (SSSR count). The second kappa shape index (κ2) is 11.7. The summed E-state index contributed by atoms with van der Waals surface area (Å²) in [6.45, 7) is 0. The molecule has 0 spiro atoms. The largest absolute Gasteiger partial charge is 0.459 e. The second-order valence-corrected chi connectivity index (χ2v) is 10.4. The quantitative estimate of drug-likeness (QED) is 0.168. The molecular weight excluding hydrogens is 912 g/mol. The minimum atomic E-state index is -11.3. The van der Waals surface area contributed by atoms with E-state index in [1.807, 2.05) is 0 Å². The van der Waals surface area contributed by atoms with Crippen LogP contribution < -0.4 is 0 Å². The van der Waals surface area contributed by atoms with Crippen LogP contribution in [0.3, 0.4) is 0 Å². The predicted octanol–water partition coefficient (Wildman–Crippen LogP) is 12.4.